The van der Waals surface area contributed by atoms with Gasteiger partial charge in [0.15, 0.2) is 0 Å². The number of anilines is 1. The lowest BCUT2D eigenvalue weighted by Gasteiger charge is -2.20. The van der Waals surface area contributed by atoms with E-state index in [1.54, 1.807) is 18.1 Å². The summed E-state index contributed by atoms with van der Waals surface area (Å²) in [5.74, 6) is 0.524. The van der Waals surface area contributed by atoms with Crippen LogP contribution in [0.2, 0.25) is 0 Å². The molecule has 0 aliphatic carbocycles. The van der Waals surface area contributed by atoms with Gasteiger partial charge in [-0.3, -0.25) is 4.79 Å². The summed E-state index contributed by atoms with van der Waals surface area (Å²) in [4.78, 5) is 22.0. The molecule has 0 bridgehead atoms. The number of rotatable bonds is 7. The Hall–Kier alpha value is -1.69. The SMILES string of the molecule is CCOCCN(CC)C(=O)c1cnc(NC)cn1. The van der Waals surface area contributed by atoms with Gasteiger partial charge in [0.1, 0.15) is 11.5 Å². The number of hydrogen-bond acceptors (Lipinski definition) is 5. The molecule has 0 aliphatic heterocycles. The third-order valence-corrected chi connectivity index (χ3v) is 2.51. The van der Waals surface area contributed by atoms with Crippen molar-refractivity contribution in [1.29, 1.82) is 0 Å². The van der Waals surface area contributed by atoms with Crippen molar-refractivity contribution in [1.82, 2.24) is 14.9 Å². The van der Waals surface area contributed by atoms with Crippen LogP contribution in [0.5, 0.6) is 0 Å². The van der Waals surface area contributed by atoms with Gasteiger partial charge in [0.05, 0.1) is 19.0 Å². The van der Waals surface area contributed by atoms with E-state index in [-0.39, 0.29) is 5.91 Å². The third kappa shape index (κ3) is 3.96. The molecular weight excluding hydrogens is 232 g/mol. The topological polar surface area (TPSA) is 67.3 Å². The van der Waals surface area contributed by atoms with E-state index in [9.17, 15) is 4.79 Å². The molecule has 0 spiro atoms. The van der Waals surface area contributed by atoms with Gasteiger partial charge >= 0.3 is 0 Å². The highest BCUT2D eigenvalue weighted by Crippen LogP contribution is 2.03. The lowest BCUT2D eigenvalue weighted by Crippen LogP contribution is -2.34. The highest BCUT2D eigenvalue weighted by Gasteiger charge is 2.15. The molecule has 0 aromatic carbocycles. The predicted octanol–water partition coefficient (Wildman–Crippen LogP) is 1.02. The molecule has 0 aliphatic rings. The van der Waals surface area contributed by atoms with Gasteiger partial charge in [0, 0.05) is 26.7 Å². The molecule has 1 heterocycles. The number of carbonyl (C=O) groups is 1. The van der Waals surface area contributed by atoms with E-state index in [4.69, 9.17) is 4.74 Å². The quantitative estimate of drug-likeness (QED) is 0.734. The van der Waals surface area contributed by atoms with Crippen LogP contribution < -0.4 is 5.32 Å². The van der Waals surface area contributed by atoms with Gasteiger partial charge < -0.3 is 15.0 Å². The summed E-state index contributed by atoms with van der Waals surface area (Å²) in [5.41, 5.74) is 0.354. The van der Waals surface area contributed by atoms with E-state index in [1.807, 2.05) is 13.8 Å². The summed E-state index contributed by atoms with van der Waals surface area (Å²) in [6.07, 6.45) is 3.03. The fraction of sp³-hybridized carbons (Fsp3) is 0.583. The molecule has 0 radical (unpaired) electrons. The van der Waals surface area contributed by atoms with Crippen molar-refractivity contribution in [3.8, 4) is 0 Å². The number of nitrogens with zero attached hydrogens (tertiary/aromatic N) is 3. The minimum Gasteiger partial charge on any atom is -0.380 e. The normalized spacial score (nSPS) is 10.2. The molecule has 1 aromatic heterocycles. The van der Waals surface area contributed by atoms with Crippen molar-refractivity contribution >= 4 is 11.7 Å². The third-order valence-electron chi connectivity index (χ3n) is 2.51. The highest BCUT2D eigenvalue weighted by molar-refractivity contribution is 5.92. The van der Waals surface area contributed by atoms with Crippen molar-refractivity contribution in [3.63, 3.8) is 0 Å². The summed E-state index contributed by atoms with van der Waals surface area (Å²) in [6.45, 7) is 6.25. The molecule has 6 nitrogen and oxygen atoms in total. The number of ether oxygens (including phenoxy) is 1. The maximum Gasteiger partial charge on any atom is 0.274 e. The molecule has 0 atom stereocenters. The Bertz CT molecular complexity index is 367. The number of amides is 1. The van der Waals surface area contributed by atoms with Crippen LogP contribution in [0.3, 0.4) is 0 Å². The van der Waals surface area contributed by atoms with E-state index >= 15 is 0 Å². The van der Waals surface area contributed by atoms with Gasteiger partial charge in [0.25, 0.3) is 5.91 Å². The van der Waals surface area contributed by atoms with Crippen LogP contribution in [0.4, 0.5) is 5.82 Å². The molecule has 0 fully saturated rings. The molecule has 100 valence electrons. The highest BCUT2D eigenvalue weighted by atomic mass is 16.5. The summed E-state index contributed by atoms with van der Waals surface area (Å²) in [5, 5.41) is 2.86. The van der Waals surface area contributed by atoms with E-state index in [1.165, 1.54) is 6.20 Å². The van der Waals surface area contributed by atoms with Gasteiger partial charge in [-0.2, -0.15) is 0 Å². The molecule has 1 aromatic rings. The van der Waals surface area contributed by atoms with Crippen molar-refractivity contribution in [2.75, 3.05) is 38.7 Å². The van der Waals surface area contributed by atoms with Crippen molar-refractivity contribution in [2.24, 2.45) is 0 Å². The van der Waals surface area contributed by atoms with Crippen molar-refractivity contribution in [2.45, 2.75) is 13.8 Å². The Balaban J connectivity index is 2.64. The van der Waals surface area contributed by atoms with Crippen LogP contribution in [0.1, 0.15) is 24.3 Å². The largest absolute Gasteiger partial charge is 0.380 e. The second-order valence-electron chi connectivity index (χ2n) is 3.62. The fourth-order valence-corrected chi connectivity index (χ4v) is 1.45. The van der Waals surface area contributed by atoms with E-state index < -0.39 is 0 Å². The molecule has 18 heavy (non-hydrogen) atoms. The van der Waals surface area contributed by atoms with Crippen molar-refractivity contribution < 1.29 is 9.53 Å². The fourth-order valence-electron chi connectivity index (χ4n) is 1.45. The van der Waals surface area contributed by atoms with E-state index in [0.717, 1.165) is 0 Å². The Labute approximate surface area is 107 Å². The Kier molecular flexibility index (Phi) is 6.07. The van der Waals surface area contributed by atoms with Gasteiger partial charge in [-0.15, -0.1) is 0 Å². The van der Waals surface area contributed by atoms with Crippen LogP contribution in [0, 0.1) is 0 Å². The number of aromatic nitrogens is 2. The molecule has 0 unspecified atom stereocenters. The maximum absolute atomic E-state index is 12.1. The first kappa shape index (κ1) is 14.4. The number of nitrogens with one attached hydrogen (secondary N) is 1. The zero-order valence-corrected chi connectivity index (χ0v) is 11.1. The molecular formula is C12H20N4O2. The number of hydrogen-bond donors (Lipinski definition) is 1. The zero-order chi connectivity index (χ0) is 13.4. The lowest BCUT2D eigenvalue weighted by atomic mass is 10.3. The van der Waals surface area contributed by atoms with E-state index in [0.29, 0.717) is 37.8 Å². The Morgan fingerprint density at radius 2 is 2.17 bits per heavy atom. The summed E-state index contributed by atoms with van der Waals surface area (Å²) in [7, 11) is 1.76. The van der Waals surface area contributed by atoms with E-state index in [2.05, 4.69) is 15.3 Å². The standard InChI is InChI=1S/C12H20N4O2/c1-4-16(6-7-18-5-2)12(17)10-8-15-11(13-3)9-14-10/h8-9H,4-7H2,1-3H3,(H,13,15). The first-order valence-electron chi connectivity index (χ1n) is 6.09. The average Bonchev–Trinajstić information content (AvgIpc) is 2.43. The molecule has 1 rings (SSSR count). The van der Waals surface area contributed by atoms with Crippen LogP contribution in [-0.4, -0.2) is 54.1 Å². The molecule has 1 N–H and O–H groups in total. The maximum atomic E-state index is 12.1. The average molecular weight is 252 g/mol. The minimum atomic E-state index is -0.118. The van der Waals surface area contributed by atoms with Gasteiger partial charge in [-0.05, 0) is 13.8 Å². The van der Waals surface area contributed by atoms with Crippen molar-refractivity contribution in [3.05, 3.63) is 18.1 Å². The monoisotopic (exact) mass is 252 g/mol. The zero-order valence-electron chi connectivity index (χ0n) is 11.1. The number of likely N-dealkylation sites (N-methyl/N-ethyl adjacent to an activating group) is 1. The van der Waals surface area contributed by atoms with Gasteiger partial charge in [-0.25, -0.2) is 9.97 Å². The summed E-state index contributed by atoms with van der Waals surface area (Å²) in [6, 6.07) is 0. The van der Waals surface area contributed by atoms with Gasteiger partial charge in [0.2, 0.25) is 0 Å². The minimum absolute atomic E-state index is 0.118. The first-order valence-corrected chi connectivity index (χ1v) is 6.09. The number of carbonyl (C=O) groups excluding carboxylic acids is 1. The Morgan fingerprint density at radius 3 is 2.67 bits per heavy atom. The van der Waals surface area contributed by atoms with Crippen LogP contribution in [-0.2, 0) is 4.74 Å². The predicted molar refractivity (Wildman–Crippen MR) is 69.6 cm³/mol. The van der Waals surface area contributed by atoms with Crippen LogP contribution in [0.15, 0.2) is 12.4 Å². The lowest BCUT2D eigenvalue weighted by molar-refractivity contribution is 0.0663. The second kappa shape index (κ2) is 7.60. The Morgan fingerprint density at radius 1 is 1.39 bits per heavy atom. The molecule has 0 saturated heterocycles. The van der Waals surface area contributed by atoms with Crippen LogP contribution in [0.25, 0.3) is 0 Å². The molecule has 6 heteroatoms. The summed E-state index contributed by atoms with van der Waals surface area (Å²) < 4.78 is 5.25. The van der Waals surface area contributed by atoms with Gasteiger partial charge in [-0.1, -0.05) is 0 Å². The second-order valence-corrected chi connectivity index (χ2v) is 3.62. The first-order chi connectivity index (χ1) is 8.72. The smallest absolute Gasteiger partial charge is 0.274 e. The molecule has 1 amide bonds. The summed E-state index contributed by atoms with van der Waals surface area (Å²) >= 11 is 0. The van der Waals surface area contributed by atoms with Crippen LogP contribution >= 0.6 is 0 Å². The molecule has 0 saturated carbocycles.